The Morgan fingerprint density at radius 3 is 2.46 bits per heavy atom. The van der Waals surface area contributed by atoms with Crippen molar-refractivity contribution >= 4 is 56.5 Å². The van der Waals surface area contributed by atoms with Crippen LogP contribution >= 0.6 is 11.8 Å². The van der Waals surface area contributed by atoms with Crippen LogP contribution in [0.25, 0.3) is 0 Å². The molecule has 0 aliphatic heterocycles. The molecular formula is C24H22F3N5O5S2. The van der Waals surface area contributed by atoms with Gasteiger partial charge in [-0.05, 0) is 65.5 Å². The number of ketones is 1. The lowest BCUT2D eigenvalue weighted by atomic mass is 9.90. The van der Waals surface area contributed by atoms with Crippen molar-refractivity contribution in [3.8, 4) is 0 Å². The average molecular weight is 582 g/mol. The molecule has 0 saturated heterocycles. The minimum atomic E-state index is -5.37. The number of alkyl halides is 3. The van der Waals surface area contributed by atoms with Crippen LogP contribution in [0.4, 0.5) is 36.2 Å². The number of fused-ring (bicyclic) bond motifs is 1. The number of aryl methyl sites for hydroxylation is 1. The second kappa shape index (κ2) is 11.2. The van der Waals surface area contributed by atoms with Gasteiger partial charge in [-0.3, -0.25) is 4.79 Å². The maximum atomic E-state index is 12.8. The summed E-state index contributed by atoms with van der Waals surface area (Å²) in [7, 11) is -3.93. The number of carbonyl (C=O) groups is 2. The summed E-state index contributed by atoms with van der Waals surface area (Å²) >= 11 is 1.28. The standard InChI is InChI=1S/C24H22F3N5O5S2/c1-32(37-23(34)24(25,26)27)39(35,36)16-7-9-20(38-2)18(11-16)31-22-12-21(28-13-29-22)30-15-6-8-17-14(10-15)4-3-5-19(17)33/h6-13H,3-5H2,1-2H3,(H2,28,29,30,31). The van der Waals surface area contributed by atoms with Crippen molar-refractivity contribution in [2.75, 3.05) is 23.9 Å². The number of nitrogens with zero attached hydrogens (tertiary/aromatic N) is 3. The largest absolute Gasteiger partial charge is 0.492 e. The van der Waals surface area contributed by atoms with Crippen LogP contribution in [0.15, 0.2) is 58.6 Å². The van der Waals surface area contributed by atoms with E-state index in [1.54, 1.807) is 24.5 Å². The normalized spacial score (nSPS) is 13.6. The van der Waals surface area contributed by atoms with Crippen molar-refractivity contribution in [2.24, 2.45) is 0 Å². The highest BCUT2D eigenvalue weighted by Crippen LogP contribution is 2.32. The molecule has 15 heteroatoms. The molecular weight excluding hydrogens is 559 g/mol. The first-order chi connectivity index (χ1) is 18.4. The molecule has 0 fully saturated rings. The number of halogens is 3. The van der Waals surface area contributed by atoms with Gasteiger partial charge in [0, 0.05) is 35.7 Å². The van der Waals surface area contributed by atoms with Gasteiger partial charge in [-0.2, -0.15) is 13.2 Å². The Morgan fingerprint density at radius 1 is 1.05 bits per heavy atom. The highest BCUT2D eigenvalue weighted by molar-refractivity contribution is 7.98. The smallest absolute Gasteiger partial charge is 0.345 e. The van der Waals surface area contributed by atoms with Gasteiger partial charge in [0.25, 0.3) is 10.0 Å². The number of rotatable bonds is 8. The van der Waals surface area contributed by atoms with E-state index in [1.165, 1.54) is 36.3 Å². The summed E-state index contributed by atoms with van der Waals surface area (Å²) < 4.78 is 63.0. The van der Waals surface area contributed by atoms with E-state index in [-0.39, 0.29) is 15.9 Å². The minimum Gasteiger partial charge on any atom is -0.345 e. The van der Waals surface area contributed by atoms with E-state index in [1.807, 2.05) is 6.07 Å². The molecule has 0 bridgehead atoms. The maximum absolute atomic E-state index is 12.8. The molecule has 1 aromatic heterocycles. The molecule has 1 heterocycles. The predicted molar refractivity (Wildman–Crippen MR) is 138 cm³/mol. The van der Waals surface area contributed by atoms with Gasteiger partial charge in [0.1, 0.15) is 18.0 Å². The number of hydrogen-bond acceptors (Lipinski definition) is 10. The van der Waals surface area contributed by atoms with Crippen LogP contribution < -0.4 is 10.6 Å². The van der Waals surface area contributed by atoms with Crippen LogP contribution in [0.1, 0.15) is 28.8 Å². The fourth-order valence-corrected chi connectivity index (χ4v) is 5.32. The third-order valence-electron chi connectivity index (χ3n) is 5.71. The topological polar surface area (TPSA) is 131 Å². The lowest BCUT2D eigenvalue weighted by molar-refractivity contribution is -0.219. The SMILES string of the molecule is CSc1ccc(S(=O)(=O)N(C)OC(=O)C(F)(F)F)cc1Nc1cc(Nc2ccc3c(c2)CCCC3=O)ncn1. The molecule has 1 aliphatic rings. The van der Waals surface area contributed by atoms with Crippen molar-refractivity contribution in [3.63, 3.8) is 0 Å². The Kier molecular flexibility index (Phi) is 8.13. The number of aromatic nitrogens is 2. The summed E-state index contributed by atoms with van der Waals surface area (Å²) in [4.78, 5) is 35.7. The zero-order valence-electron chi connectivity index (χ0n) is 20.6. The van der Waals surface area contributed by atoms with Crippen LogP contribution in [0.2, 0.25) is 0 Å². The maximum Gasteiger partial charge on any atom is 0.492 e. The van der Waals surface area contributed by atoms with E-state index >= 15 is 0 Å². The molecule has 2 aromatic carbocycles. The summed E-state index contributed by atoms with van der Waals surface area (Å²) in [6, 6.07) is 10.8. The van der Waals surface area contributed by atoms with E-state index in [4.69, 9.17) is 0 Å². The lowest BCUT2D eigenvalue weighted by Gasteiger charge is -2.18. The number of hydroxylamine groups is 1. The molecule has 0 saturated carbocycles. The molecule has 0 atom stereocenters. The van der Waals surface area contributed by atoms with Gasteiger partial charge in [0.05, 0.1) is 10.6 Å². The van der Waals surface area contributed by atoms with Crippen molar-refractivity contribution < 1.29 is 36.0 Å². The molecule has 0 unspecified atom stereocenters. The number of thioether (sulfide) groups is 1. The van der Waals surface area contributed by atoms with Crippen LogP contribution in [-0.4, -0.2) is 54.1 Å². The summed E-state index contributed by atoms with van der Waals surface area (Å²) in [6.45, 7) is 0. The number of sulfonamides is 1. The molecule has 0 radical (unpaired) electrons. The van der Waals surface area contributed by atoms with Crippen molar-refractivity contribution in [1.29, 1.82) is 0 Å². The lowest BCUT2D eigenvalue weighted by Crippen LogP contribution is -2.36. The second-order valence-corrected chi connectivity index (χ2v) is 11.1. The van der Waals surface area contributed by atoms with Crippen molar-refractivity contribution in [1.82, 2.24) is 14.4 Å². The molecule has 4 rings (SSSR count). The van der Waals surface area contributed by atoms with Crippen LogP contribution in [0.3, 0.4) is 0 Å². The van der Waals surface area contributed by atoms with Gasteiger partial charge in [0.2, 0.25) is 0 Å². The fourth-order valence-electron chi connectivity index (χ4n) is 3.82. The first-order valence-electron chi connectivity index (χ1n) is 11.4. The third kappa shape index (κ3) is 6.49. The summed E-state index contributed by atoms with van der Waals surface area (Å²) in [5.41, 5.74) is 2.69. The molecule has 3 aromatic rings. The Hall–Kier alpha value is -3.69. The van der Waals surface area contributed by atoms with Gasteiger partial charge in [-0.15, -0.1) is 11.8 Å². The molecule has 1 aliphatic carbocycles. The number of hydrogen-bond donors (Lipinski definition) is 2. The van der Waals surface area contributed by atoms with E-state index in [2.05, 4.69) is 25.4 Å². The van der Waals surface area contributed by atoms with Gasteiger partial charge in [-0.1, -0.05) is 0 Å². The van der Waals surface area contributed by atoms with Crippen LogP contribution in [-0.2, 0) is 26.1 Å². The van der Waals surface area contributed by atoms with Crippen molar-refractivity contribution in [3.05, 3.63) is 59.9 Å². The number of anilines is 4. The van der Waals surface area contributed by atoms with Crippen LogP contribution in [0, 0.1) is 0 Å². The van der Waals surface area contributed by atoms with Gasteiger partial charge in [0.15, 0.2) is 5.78 Å². The summed E-state index contributed by atoms with van der Waals surface area (Å²) in [5.74, 6) is -1.83. The number of benzene rings is 2. The monoisotopic (exact) mass is 581 g/mol. The number of carbonyl (C=O) groups excluding carboxylic acids is 2. The molecule has 39 heavy (non-hydrogen) atoms. The highest BCUT2D eigenvalue weighted by atomic mass is 32.2. The summed E-state index contributed by atoms with van der Waals surface area (Å²) in [6.07, 6.45) is -0.195. The van der Waals surface area contributed by atoms with E-state index in [0.29, 0.717) is 30.0 Å². The Morgan fingerprint density at radius 2 is 1.77 bits per heavy atom. The molecule has 0 spiro atoms. The molecule has 0 amide bonds. The van der Waals surface area contributed by atoms with E-state index < -0.39 is 27.1 Å². The van der Waals surface area contributed by atoms with Crippen LogP contribution in [0.5, 0.6) is 0 Å². The Bertz CT molecular complexity index is 1530. The molecule has 10 nitrogen and oxygen atoms in total. The van der Waals surface area contributed by atoms with Crippen molar-refractivity contribution in [2.45, 2.75) is 35.2 Å². The average Bonchev–Trinajstić information content (AvgIpc) is 2.88. The van der Waals surface area contributed by atoms with Gasteiger partial charge < -0.3 is 15.5 Å². The number of nitrogens with one attached hydrogen (secondary N) is 2. The Labute approximate surface area is 226 Å². The minimum absolute atomic E-state index is 0.120. The van der Waals surface area contributed by atoms with E-state index in [0.717, 1.165) is 29.7 Å². The van der Waals surface area contributed by atoms with E-state index in [9.17, 15) is 31.2 Å². The number of Topliss-reactive ketones (excluding diaryl/α,β-unsaturated/α-hetero) is 1. The first-order valence-corrected chi connectivity index (χ1v) is 14.0. The highest BCUT2D eigenvalue weighted by Gasteiger charge is 2.43. The zero-order chi connectivity index (χ0) is 28.4. The summed E-state index contributed by atoms with van der Waals surface area (Å²) in [5, 5.41) is 6.15. The zero-order valence-corrected chi connectivity index (χ0v) is 22.2. The van der Waals surface area contributed by atoms with Gasteiger partial charge >= 0.3 is 12.1 Å². The second-order valence-electron chi connectivity index (χ2n) is 8.34. The third-order valence-corrected chi connectivity index (χ3v) is 8.11. The predicted octanol–water partition coefficient (Wildman–Crippen LogP) is 4.85. The molecule has 2 N–H and O–H groups in total. The quantitative estimate of drug-likeness (QED) is 0.281. The Balaban J connectivity index is 1.55. The first kappa shape index (κ1) is 28.3. The fraction of sp³-hybridized carbons (Fsp3) is 0.250. The molecule has 206 valence electrons. The van der Waals surface area contributed by atoms with Gasteiger partial charge in [-0.25, -0.2) is 23.2 Å².